The molecule has 7 nitrogen and oxygen atoms in total. The molecule has 1 aliphatic rings. The summed E-state index contributed by atoms with van der Waals surface area (Å²) in [7, 11) is 1.54. The number of urea groups is 1. The number of amides is 3. The molecule has 1 aliphatic heterocycles. The molecule has 0 unspecified atom stereocenters. The first kappa shape index (κ1) is 23.9. The molecule has 0 bridgehead atoms. The van der Waals surface area contributed by atoms with Crippen LogP contribution in [0.2, 0.25) is 0 Å². The molecule has 0 saturated heterocycles. The Bertz CT molecular complexity index is 972. The molecule has 3 rings (SSSR count). The Labute approximate surface area is 191 Å². The van der Waals surface area contributed by atoms with E-state index in [1.807, 2.05) is 38.3 Å². The number of nitrogens with one attached hydrogen (secondary N) is 1. The number of carbonyl (C=O) groups excluding carboxylic acids is 2. The number of rotatable bonds is 7. The van der Waals surface area contributed by atoms with E-state index < -0.39 is 5.54 Å². The van der Waals surface area contributed by atoms with Gasteiger partial charge < -0.3 is 15.0 Å². The zero-order valence-electron chi connectivity index (χ0n) is 18.8. The maximum absolute atomic E-state index is 14.4. The van der Waals surface area contributed by atoms with Gasteiger partial charge in [0.1, 0.15) is 12.4 Å². The van der Waals surface area contributed by atoms with Gasteiger partial charge in [-0.2, -0.15) is 5.10 Å². The quantitative estimate of drug-likeness (QED) is 0.678. The van der Waals surface area contributed by atoms with Crippen LogP contribution in [0.3, 0.4) is 0 Å². The van der Waals surface area contributed by atoms with Gasteiger partial charge >= 0.3 is 6.03 Å². The van der Waals surface area contributed by atoms with Gasteiger partial charge in [-0.1, -0.05) is 24.3 Å². The number of carbonyl (C=O) groups is 2. The first-order chi connectivity index (χ1) is 15.2. The second-order valence-corrected chi connectivity index (χ2v) is 9.57. The van der Waals surface area contributed by atoms with E-state index in [1.54, 1.807) is 25.3 Å². The summed E-state index contributed by atoms with van der Waals surface area (Å²) in [5.74, 6) is -0.716. The zero-order chi connectivity index (χ0) is 23.3. The lowest BCUT2D eigenvalue weighted by molar-refractivity contribution is -0.133. The first-order valence-corrected chi connectivity index (χ1v) is 11.3. The van der Waals surface area contributed by atoms with E-state index in [9.17, 15) is 14.0 Å². The van der Waals surface area contributed by atoms with Gasteiger partial charge in [0.2, 0.25) is 0 Å². The molecular formula is C23H29FN4O3S. The van der Waals surface area contributed by atoms with Gasteiger partial charge in [0, 0.05) is 36.1 Å². The Hall–Kier alpha value is -2.78. The molecular weight excluding hydrogens is 431 g/mol. The largest absolute Gasteiger partial charge is 0.383 e. The summed E-state index contributed by atoms with van der Waals surface area (Å²) in [5.41, 5.74) is 0.442. The summed E-state index contributed by atoms with van der Waals surface area (Å²) in [4.78, 5) is 28.5. The molecule has 9 heteroatoms. The van der Waals surface area contributed by atoms with E-state index in [2.05, 4.69) is 10.4 Å². The van der Waals surface area contributed by atoms with Crippen LogP contribution in [0.15, 0.2) is 46.9 Å². The summed E-state index contributed by atoms with van der Waals surface area (Å²) in [6, 6.07) is 9.56. The van der Waals surface area contributed by atoms with Crippen molar-refractivity contribution in [3.63, 3.8) is 0 Å². The topological polar surface area (TPSA) is 74.2 Å². The summed E-state index contributed by atoms with van der Waals surface area (Å²) in [6.07, 6.45) is 0.402. The van der Waals surface area contributed by atoms with Crippen molar-refractivity contribution in [3.8, 4) is 0 Å². The summed E-state index contributed by atoms with van der Waals surface area (Å²) in [6.45, 7) is 6.01. The molecule has 2 heterocycles. The summed E-state index contributed by atoms with van der Waals surface area (Å²) >= 11 is 1.52. The van der Waals surface area contributed by atoms with Gasteiger partial charge in [-0.25, -0.2) is 14.2 Å². The SMILES string of the molecule is COCCN(CC(=O)N1N=C(c2ccccc2F)C[C@H]1c1cccs1)C(=O)NC(C)(C)C. The summed E-state index contributed by atoms with van der Waals surface area (Å²) in [5, 5.41) is 10.7. The highest BCUT2D eigenvalue weighted by atomic mass is 32.1. The van der Waals surface area contributed by atoms with Gasteiger partial charge in [0.25, 0.3) is 5.91 Å². The fourth-order valence-electron chi connectivity index (χ4n) is 3.39. The van der Waals surface area contributed by atoms with E-state index in [0.717, 1.165) is 4.88 Å². The number of thiophene rings is 1. The molecule has 1 atom stereocenters. The van der Waals surface area contributed by atoms with Crippen molar-refractivity contribution < 1.29 is 18.7 Å². The normalized spacial score (nSPS) is 16.1. The lowest BCUT2D eigenvalue weighted by Crippen LogP contribution is -2.52. The Morgan fingerprint density at radius 2 is 2.03 bits per heavy atom. The van der Waals surface area contributed by atoms with Crippen LogP contribution >= 0.6 is 11.3 Å². The Morgan fingerprint density at radius 3 is 2.66 bits per heavy atom. The van der Waals surface area contributed by atoms with Crippen LogP contribution < -0.4 is 5.32 Å². The molecule has 2 aromatic rings. The minimum Gasteiger partial charge on any atom is -0.383 e. The van der Waals surface area contributed by atoms with Crippen LogP contribution in [0, 0.1) is 5.82 Å². The molecule has 1 aromatic heterocycles. The third kappa shape index (κ3) is 5.92. The number of halogens is 1. The van der Waals surface area contributed by atoms with Crippen LogP contribution in [0.4, 0.5) is 9.18 Å². The molecule has 1 N–H and O–H groups in total. The van der Waals surface area contributed by atoms with Crippen LogP contribution in [0.5, 0.6) is 0 Å². The number of hydrogen-bond donors (Lipinski definition) is 1. The predicted molar refractivity (Wildman–Crippen MR) is 123 cm³/mol. The number of methoxy groups -OCH3 is 1. The monoisotopic (exact) mass is 460 g/mol. The highest BCUT2D eigenvalue weighted by molar-refractivity contribution is 7.10. The Balaban J connectivity index is 1.85. The second-order valence-electron chi connectivity index (χ2n) is 8.59. The predicted octanol–water partition coefficient (Wildman–Crippen LogP) is 4.02. The van der Waals surface area contributed by atoms with Crippen LogP contribution in [-0.2, 0) is 9.53 Å². The lowest BCUT2D eigenvalue weighted by Gasteiger charge is -2.29. The maximum Gasteiger partial charge on any atom is 0.318 e. The molecule has 3 amide bonds. The number of hydrogen-bond acceptors (Lipinski definition) is 5. The van der Waals surface area contributed by atoms with Gasteiger partial charge in [-0.05, 0) is 38.3 Å². The van der Waals surface area contributed by atoms with Crippen molar-refractivity contribution in [2.24, 2.45) is 5.10 Å². The maximum atomic E-state index is 14.4. The van der Waals surface area contributed by atoms with Crippen molar-refractivity contribution in [2.75, 3.05) is 26.8 Å². The van der Waals surface area contributed by atoms with Crippen molar-refractivity contribution in [2.45, 2.75) is 38.8 Å². The van der Waals surface area contributed by atoms with E-state index in [1.165, 1.54) is 27.3 Å². The van der Waals surface area contributed by atoms with E-state index in [4.69, 9.17) is 4.74 Å². The number of hydrazone groups is 1. The van der Waals surface area contributed by atoms with Gasteiger partial charge in [0.05, 0.1) is 18.4 Å². The number of nitrogens with zero attached hydrogens (tertiary/aromatic N) is 3. The highest BCUT2D eigenvalue weighted by Crippen LogP contribution is 2.35. The third-order valence-electron chi connectivity index (χ3n) is 4.88. The van der Waals surface area contributed by atoms with Crippen molar-refractivity contribution in [1.82, 2.24) is 15.2 Å². The fraction of sp³-hybridized carbons (Fsp3) is 0.435. The molecule has 0 radical (unpaired) electrons. The minimum absolute atomic E-state index is 0.165. The molecule has 32 heavy (non-hydrogen) atoms. The molecule has 0 saturated carbocycles. The Kier molecular flexibility index (Phi) is 7.63. The smallest absolute Gasteiger partial charge is 0.318 e. The minimum atomic E-state index is -0.450. The average Bonchev–Trinajstić information content (AvgIpc) is 3.39. The molecule has 172 valence electrons. The van der Waals surface area contributed by atoms with Gasteiger partial charge in [-0.3, -0.25) is 4.79 Å². The van der Waals surface area contributed by atoms with Crippen molar-refractivity contribution >= 4 is 29.0 Å². The fourth-order valence-corrected chi connectivity index (χ4v) is 4.20. The second kappa shape index (κ2) is 10.2. The van der Waals surface area contributed by atoms with Crippen molar-refractivity contribution in [1.29, 1.82) is 0 Å². The van der Waals surface area contributed by atoms with Crippen LogP contribution in [-0.4, -0.2) is 59.9 Å². The average molecular weight is 461 g/mol. The molecule has 0 fully saturated rings. The lowest BCUT2D eigenvalue weighted by atomic mass is 10.0. The summed E-state index contributed by atoms with van der Waals surface area (Å²) < 4.78 is 19.5. The molecule has 1 aromatic carbocycles. The molecule has 0 aliphatic carbocycles. The van der Waals surface area contributed by atoms with E-state index in [0.29, 0.717) is 24.3 Å². The Morgan fingerprint density at radius 1 is 1.28 bits per heavy atom. The zero-order valence-corrected chi connectivity index (χ0v) is 19.6. The van der Waals surface area contributed by atoms with E-state index >= 15 is 0 Å². The first-order valence-electron chi connectivity index (χ1n) is 10.4. The van der Waals surface area contributed by atoms with Gasteiger partial charge in [-0.15, -0.1) is 11.3 Å². The van der Waals surface area contributed by atoms with Crippen LogP contribution in [0.25, 0.3) is 0 Å². The molecule has 0 spiro atoms. The number of benzene rings is 1. The number of ether oxygens (including phenoxy) is 1. The highest BCUT2D eigenvalue weighted by Gasteiger charge is 2.35. The van der Waals surface area contributed by atoms with Gasteiger partial charge in [0.15, 0.2) is 0 Å². The standard InChI is InChI=1S/C23H29FN4O3S/c1-23(2,3)25-22(30)27(11-12-31-4)15-21(29)28-19(20-10-7-13-32-20)14-18(26-28)16-8-5-6-9-17(16)24/h5-10,13,19H,11-12,14-15H2,1-4H3,(H,25,30)/t19-/m0/s1. The third-order valence-corrected chi connectivity index (χ3v) is 5.86. The van der Waals surface area contributed by atoms with E-state index in [-0.39, 0.29) is 36.9 Å². The van der Waals surface area contributed by atoms with Crippen molar-refractivity contribution in [3.05, 3.63) is 58.0 Å². The van der Waals surface area contributed by atoms with Crippen LogP contribution in [0.1, 0.15) is 43.7 Å².